The van der Waals surface area contributed by atoms with Crippen molar-refractivity contribution in [3.8, 4) is 0 Å². The molecule has 1 saturated carbocycles. The van der Waals surface area contributed by atoms with Gasteiger partial charge in [0, 0.05) is 0 Å². The second-order valence-electron chi connectivity index (χ2n) is 4.78. The van der Waals surface area contributed by atoms with E-state index in [2.05, 4.69) is 10.3 Å². The van der Waals surface area contributed by atoms with Crippen molar-refractivity contribution in [1.82, 2.24) is 4.98 Å². The summed E-state index contributed by atoms with van der Waals surface area (Å²) in [5, 5.41) is 3.23. The largest absolute Gasteiger partial charge is 0.323 e. The first kappa shape index (κ1) is 12.3. The Morgan fingerprint density at radius 1 is 1.59 bits per heavy atom. The molecule has 1 unspecified atom stereocenters. The molecule has 0 radical (unpaired) electrons. The van der Waals surface area contributed by atoms with E-state index in [9.17, 15) is 4.79 Å². The van der Waals surface area contributed by atoms with Crippen LogP contribution in [0.5, 0.6) is 0 Å². The highest BCUT2D eigenvalue weighted by Crippen LogP contribution is 2.38. The number of anilines is 1. The predicted octanol–water partition coefficient (Wildman–Crippen LogP) is 2.11. The zero-order valence-electron chi connectivity index (χ0n) is 9.96. The normalized spacial score (nSPS) is 18.6. The van der Waals surface area contributed by atoms with Crippen LogP contribution in [0.3, 0.4) is 0 Å². The van der Waals surface area contributed by atoms with Crippen LogP contribution < -0.4 is 11.1 Å². The Kier molecular flexibility index (Phi) is 3.10. The SMILES string of the molecule is Cc1nc(Cl)ccc1NC(=O)C(C)(N)C1CC1. The van der Waals surface area contributed by atoms with Crippen LogP contribution in [0.15, 0.2) is 12.1 Å². The molecule has 1 aliphatic rings. The van der Waals surface area contributed by atoms with Crippen LogP contribution in [-0.2, 0) is 4.79 Å². The van der Waals surface area contributed by atoms with Crippen LogP contribution in [0.4, 0.5) is 5.69 Å². The number of nitrogens with one attached hydrogen (secondary N) is 1. The lowest BCUT2D eigenvalue weighted by Gasteiger charge is -2.23. The number of nitrogens with zero attached hydrogens (tertiary/aromatic N) is 1. The molecule has 1 aromatic heterocycles. The van der Waals surface area contributed by atoms with Crippen LogP contribution in [0, 0.1) is 12.8 Å². The summed E-state index contributed by atoms with van der Waals surface area (Å²) >= 11 is 5.76. The summed E-state index contributed by atoms with van der Waals surface area (Å²) in [5.41, 5.74) is 6.59. The van der Waals surface area contributed by atoms with Crippen molar-refractivity contribution in [3.05, 3.63) is 23.0 Å². The molecule has 0 aromatic carbocycles. The molecule has 17 heavy (non-hydrogen) atoms. The minimum absolute atomic E-state index is 0.160. The van der Waals surface area contributed by atoms with Crippen molar-refractivity contribution in [2.24, 2.45) is 11.7 Å². The first-order chi connectivity index (χ1) is 7.91. The van der Waals surface area contributed by atoms with E-state index < -0.39 is 5.54 Å². The number of hydrogen-bond acceptors (Lipinski definition) is 3. The molecule has 4 nitrogen and oxygen atoms in total. The number of carbonyl (C=O) groups is 1. The van der Waals surface area contributed by atoms with Gasteiger partial charge in [0.05, 0.1) is 16.9 Å². The first-order valence-corrected chi connectivity index (χ1v) is 6.02. The maximum Gasteiger partial charge on any atom is 0.244 e. The van der Waals surface area contributed by atoms with Crippen molar-refractivity contribution >= 4 is 23.2 Å². The number of carbonyl (C=O) groups excluding carboxylic acids is 1. The lowest BCUT2D eigenvalue weighted by atomic mass is 9.96. The summed E-state index contributed by atoms with van der Waals surface area (Å²) in [4.78, 5) is 16.1. The molecule has 1 atom stereocenters. The van der Waals surface area contributed by atoms with Gasteiger partial charge in [0.1, 0.15) is 5.15 Å². The minimum atomic E-state index is -0.800. The third kappa shape index (κ3) is 2.58. The molecule has 1 amide bonds. The van der Waals surface area contributed by atoms with E-state index in [4.69, 9.17) is 17.3 Å². The Morgan fingerprint density at radius 2 is 2.24 bits per heavy atom. The topological polar surface area (TPSA) is 68.0 Å². The number of amides is 1. The van der Waals surface area contributed by atoms with Gasteiger partial charge in [0.2, 0.25) is 5.91 Å². The summed E-state index contributed by atoms with van der Waals surface area (Å²) in [6.07, 6.45) is 2.05. The van der Waals surface area contributed by atoms with Gasteiger partial charge in [-0.1, -0.05) is 11.6 Å². The maximum atomic E-state index is 12.1. The molecular formula is C12H16ClN3O. The van der Waals surface area contributed by atoms with Gasteiger partial charge in [-0.25, -0.2) is 4.98 Å². The zero-order valence-corrected chi connectivity index (χ0v) is 10.7. The molecule has 92 valence electrons. The maximum absolute atomic E-state index is 12.1. The van der Waals surface area contributed by atoms with Gasteiger partial charge in [-0.2, -0.15) is 0 Å². The molecule has 1 aliphatic carbocycles. The summed E-state index contributed by atoms with van der Waals surface area (Å²) in [7, 11) is 0. The fourth-order valence-corrected chi connectivity index (χ4v) is 1.98. The molecule has 1 fully saturated rings. The van der Waals surface area contributed by atoms with Gasteiger partial charge >= 0.3 is 0 Å². The first-order valence-electron chi connectivity index (χ1n) is 5.64. The summed E-state index contributed by atoms with van der Waals surface area (Å²) < 4.78 is 0. The van der Waals surface area contributed by atoms with Crippen LogP contribution in [0.25, 0.3) is 0 Å². The summed E-state index contributed by atoms with van der Waals surface area (Å²) in [6.45, 7) is 3.57. The predicted molar refractivity (Wildman–Crippen MR) is 67.9 cm³/mol. The standard InChI is InChI=1S/C12H16ClN3O/c1-7-9(5-6-10(13)15-7)16-11(17)12(2,14)8-3-4-8/h5-6,8H,3-4,14H2,1-2H3,(H,16,17). The lowest BCUT2D eigenvalue weighted by molar-refractivity contribution is -0.121. The Hall–Kier alpha value is -1.13. The molecule has 0 saturated heterocycles. The van der Waals surface area contributed by atoms with Gasteiger partial charge < -0.3 is 11.1 Å². The van der Waals surface area contributed by atoms with E-state index in [0.29, 0.717) is 22.5 Å². The Bertz CT molecular complexity index is 455. The number of nitrogens with two attached hydrogens (primary N) is 1. The summed E-state index contributed by atoms with van der Waals surface area (Å²) in [5.74, 6) is 0.135. The number of aromatic nitrogens is 1. The van der Waals surface area contributed by atoms with Crippen molar-refractivity contribution in [1.29, 1.82) is 0 Å². The molecule has 1 heterocycles. The zero-order chi connectivity index (χ0) is 12.6. The van der Waals surface area contributed by atoms with E-state index in [1.165, 1.54) is 0 Å². The van der Waals surface area contributed by atoms with Crippen LogP contribution in [-0.4, -0.2) is 16.4 Å². The number of hydrogen-bond donors (Lipinski definition) is 2. The molecule has 3 N–H and O–H groups in total. The highest BCUT2D eigenvalue weighted by Gasteiger charge is 2.44. The number of aryl methyl sites for hydroxylation is 1. The smallest absolute Gasteiger partial charge is 0.244 e. The molecule has 0 aliphatic heterocycles. The van der Waals surface area contributed by atoms with Crippen LogP contribution in [0.1, 0.15) is 25.5 Å². The number of pyridine rings is 1. The average Bonchev–Trinajstić information content (AvgIpc) is 3.05. The van der Waals surface area contributed by atoms with Gasteiger partial charge in [0.25, 0.3) is 0 Å². The van der Waals surface area contributed by atoms with Gasteiger partial charge in [-0.3, -0.25) is 4.79 Å². The second kappa shape index (κ2) is 4.27. The quantitative estimate of drug-likeness (QED) is 0.811. The summed E-state index contributed by atoms with van der Waals surface area (Å²) in [6, 6.07) is 3.39. The van der Waals surface area contributed by atoms with Gasteiger partial charge in [-0.15, -0.1) is 0 Å². The van der Waals surface area contributed by atoms with E-state index in [1.54, 1.807) is 26.0 Å². The third-order valence-electron chi connectivity index (χ3n) is 3.21. The van der Waals surface area contributed by atoms with E-state index in [0.717, 1.165) is 12.8 Å². The van der Waals surface area contributed by atoms with Gasteiger partial charge in [-0.05, 0) is 44.7 Å². The highest BCUT2D eigenvalue weighted by molar-refractivity contribution is 6.29. The molecule has 5 heteroatoms. The molecule has 0 spiro atoms. The molecule has 0 bridgehead atoms. The minimum Gasteiger partial charge on any atom is -0.323 e. The number of halogens is 1. The van der Waals surface area contributed by atoms with Crippen LogP contribution in [0.2, 0.25) is 5.15 Å². The fourth-order valence-electron chi connectivity index (χ4n) is 1.79. The lowest BCUT2D eigenvalue weighted by Crippen LogP contribution is -2.50. The number of rotatable bonds is 3. The van der Waals surface area contributed by atoms with Gasteiger partial charge in [0.15, 0.2) is 0 Å². The fraction of sp³-hybridized carbons (Fsp3) is 0.500. The monoisotopic (exact) mass is 253 g/mol. The molecule has 2 rings (SSSR count). The van der Waals surface area contributed by atoms with Crippen molar-refractivity contribution < 1.29 is 4.79 Å². The van der Waals surface area contributed by atoms with Crippen LogP contribution >= 0.6 is 11.6 Å². The van der Waals surface area contributed by atoms with Crippen molar-refractivity contribution in [3.63, 3.8) is 0 Å². The van der Waals surface area contributed by atoms with E-state index in [-0.39, 0.29) is 5.91 Å². The second-order valence-corrected chi connectivity index (χ2v) is 5.17. The van der Waals surface area contributed by atoms with Crippen molar-refractivity contribution in [2.45, 2.75) is 32.2 Å². The highest BCUT2D eigenvalue weighted by atomic mass is 35.5. The van der Waals surface area contributed by atoms with Crippen molar-refractivity contribution in [2.75, 3.05) is 5.32 Å². The Morgan fingerprint density at radius 3 is 2.76 bits per heavy atom. The van der Waals surface area contributed by atoms with E-state index >= 15 is 0 Å². The molecular weight excluding hydrogens is 238 g/mol. The average molecular weight is 254 g/mol. The molecule has 1 aromatic rings. The van der Waals surface area contributed by atoms with E-state index in [1.807, 2.05) is 0 Å². The third-order valence-corrected chi connectivity index (χ3v) is 3.43. The Labute approximate surface area is 106 Å². The Balaban J connectivity index is 2.12.